The summed E-state index contributed by atoms with van der Waals surface area (Å²) in [6, 6.07) is 3.13. The van der Waals surface area contributed by atoms with Crippen LogP contribution in [-0.2, 0) is 21.3 Å². The number of ether oxygens (including phenoxy) is 1. The van der Waals surface area contributed by atoms with Crippen LogP contribution in [0.1, 0.15) is 25.0 Å². The third-order valence-electron chi connectivity index (χ3n) is 2.67. The van der Waals surface area contributed by atoms with E-state index in [1.807, 2.05) is 0 Å². The lowest BCUT2D eigenvalue weighted by Crippen LogP contribution is -2.18. The molecule has 0 aliphatic heterocycles. The fraction of sp³-hybridized carbons (Fsp3) is 0.667. The van der Waals surface area contributed by atoms with E-state index in [-0.39, 0.29) is 5.09 Å². The zero-order chi connectivity index (χ0) is 14.1. The van der Waals surface area contributed by atoms with Gasteiger partial charge in [0.1, 0.15) is 5.76 Å². The van der Waals surface area contributed by atoms with E-state index in [0.29, 0.717) is 12.3 Å². The molecule has 0 radical (unpaired) electrons. The number of hydrogen-bond acceptors (Lipinski definition) is 5. The minimum absolute atomic E-state index is 0.0492. The van der Waals surface area contributed by atoms with E-state index in [9.17, 15) is 8.42 Å². The van der Waals surface area contributed by atoms with Gasteiger partial charge in [0.15, 0.2) is 0 Å². The van der Waals surface area contributed by atoms with Crippen molar-refractivity contribution in [2.45, 2.75) is 30.9 Å². The van der Waals surface area contributed by atoms with Crippen molar-refractivity contribution in [3.8, 4) is 0 Å². The molecule has 0 aliphatic carbocycles. The van der Waals surface area contributed by atoms with Crippen LogP contribution >= 0.6 is 0 Å². The van der Waals surface area contributed by atoms with Crippen molar-refractivity contribution < 1.29 is 17.6 Å². The first kappa shape index (κ1) is 16.2. The highest BCUT2D eigenvalue weighted by Gasteiger charge is 2.15. The lowest BCUT2D eigenvalue weighted by atomic mass is 10.2. The van der Waals surface area contributed by atoms with E-state index in [1.165, 1.54) is 13.1 Å². The lowest BCUT2D eigenvalue weighted by Gasteiger charge is -2.03. The molecule has 1 heterocycles. The molecule has 0 saturated heterocycles. The summed E-state index contributed by atoms with van der Waals surface area (Å²) in [5, 5.41) is 3.16. The van der Waals surface area contributed by atoms with Gasteiger partial charge in [-0.3, -0.25) is 0 Å². The number of hydrogen-bond donors (Lipinski definition) is 2. The minimum Gasteiger partial charge on any atom is -0.447 e. The average molecular weight is 290 g/mol. The van der Waals surface area contributed by atoms with Gasteiger partial charge in [-0.2, -0.15) is 0 Å². The topological polar surface area (TPSA) is 80.6 Å². The first-order valence-electron chi connectivity index (χ1n) is 6.32. The van der Waals surface area contributed by atoms with Gasteiger partial charge in [-0.1, -0.05) is 0 Å². The molecule has 1 rings (SSSR count). The molecule has 0 spiro atoms. The van der Waals surface area contributed by atoms with E-state index in [0.717, 1.165) is 32.4 Å². The van der Waals surface area contributed by atoms with Crippen LogP contribution < -0.4 is 10.0 Å². The summed E-state index contributed by atoms with van der Waals surface area (Å²) in [4.78, 5) is 0. The second-order valence-corrected chi connectivity index (χ2v) is 5.98. The van der Waals surface area contributed by atoms with Crippen molar-refractivity contribution >= 4 is 10.0 Å². The normalized spacial score (nSPS) is 11.9. The molecule has 0 aliphatic rings. The van der Waals surface area contributed by atoms with Gasteiger partial charge in [-0.15, -0.1) is 0 Å². The molecule has 7 heteroatoms. The molecule has 19 heavy (non-hydrogen) atoms. The molecular formula is C12H22N2O4S. The highest BCUT2D eigenvalue weighted by molar-refractivity contribution is 7.89. The molecule has 2 N–H and O–H groups in total. The minimum atomic E-state index is -3.48. The molecule has 0 amide bonds. The molecule has 6 nitrogen and oxygen atoms in total. The van der Waals surface area contributed by atoms with E-state index >= 15 is 0 Å². The monoisotopic (exact) mass is 290 g/mol. The standard InChI is InChI=1S/C12H22N2O4S/c1-13-19(15,16)12-7-6-11(18-12)10-14-8-4-3-5-9-17-2/h6-7,13-14H,3-5,8-10H2,1-2H3. The maximum atomic E-state index is 11.5. The van der Waals surface area contributed by atoms with Crippen molar-refractivity contribution in [2.24, 2.45) is 0 Å². The van der Waals surface area contributed by atoms with Gasteiger partial charge in [-0.25, -0.2) is 13.1 Å². The fourth-order valence-corrected chi connectivity index (χ4v) is 2.25. The summed E-state index contributed by atoms with van der Waals surface area (Å²) in [5.41, 5.74) is 0. The van der Waals surface area contributed by atoms with Gasteiger partial charge in [0, 0.05) is 13.7 Å². The zero-order valence-electron chi connectivity index (χ0n) is 11.4. The molecule has 1 aromatic heterocycles. The van der Waals surface area contributed by atoms with Crippen molar-refractivity contribution in [3.63, 3.8) is 0 Å². The first-order chi connectivity index (χ1) is 9.10. The first-order valence-corrected chi connectivity index (χ1v) is 7.80. The molecule has 0 saturated carbocycles. The Kier molecular flexibility index (Phi) is 7.07. The Morgan fingerprint density at radius 1 is 1.26 bits per heavy atom. The number of furan rings is 1. The van der Waals surface area contributed by atoms with Crippen molar-refractivity contribution in [2.75, 3.05) is 27.3 Å². The summed E-state index contributed by atoms with van der Waals surface area (Å²) >= 11 is 0. The lowest BCUT2D eigenvalue weighted by molar-refractivity contribution is 0.192. The summed E-state index contributed by atoms with van der Waals surface area (Å²) in [5.74, 6) is 0.616. The third kappa shape index (κ3) is 5.73. The largest absolute Gasteiger partial charge is 0.447 e. The highest BCUT2D eigenvalue weighted by Crippen LogP contribution is 2.13. The van der Waals surface area contributed by atoms with Gasteiger partial charge >= 0.3 is 0 Å². The Morgan fingerprint density at radius 3 is 2.74 bits per heavy atom. The van der Waals surface area contributed by atoms with E-state index in [4.69, 9.17) is 9.15 Å². The van der Waals surface area contributed by atoms with Gasteiger partial charge in [0.2, 0.25) is 5.09 Å². The van der Waals surface area contributed by atoms with E-state index in [2.05, 4.69) is 10.0 Å². The predicted octanol–water partition coefficient (Wildman–Crippen LogP) is 1.09. The average Bonchev–Trinajstić information content (AvgIpc) is 2.87. The highest BCUT2D eigenvalue weighted by atomic mass is 32.2. The van der Waals surface area contributed by atoms with Crippen LogP contribution in [0.25, 0.3) is 0 Å². The zero-order valence-corrected chi connectivity index (χ0v) is 12.3. The van der Waals surface area contributed by atoms with Crippen LogP contribution in [0.2, 0.25) is 0 Å². The van der Waals surface area contributed by atoms with Crippen LogP contribution in [0.3, 0.4) is 0 Å². The summed E-state index contributed by atoms with van der Waals surface area (Å²) in [6.07, 6.45) is 3.23. The second-order valence-electron chi connectivity index (χ2n) is 4.16. The maximum absolute atomic E-state index is 11.5. The van der Waals surface area contributed by atoms with Crippen LogP contribution in [0.4, 0.5) is 0 Å². The number of sulfonamides is 1. The van der Waals surface area contributed by atoms with Crippen LogP contribution in [0, 0.1) is 0 Å². The van der Waals surface area contributed by atoms with Crippen LogP contribution in [0.15, 0.2) is 21.6 Å². The molecule has 1 aromatic rings. The van der Waals surface area contributed by atoms with Gasteiger partial charge in [-0.05, 0) is 45.0 Å². The molecule has 0 fully saturated rings. The number of unbranched alkanes of at least 4 members (excludes halogenated alkanes) is 2. The quantitative estimate of drug-likeness (QED) is 0.631. The number of rotatable bonds is 10. The fourth-order valence-electron chi connectivity index (χ4n) is 1.58. The predicted molar refractivity (Wildman–Crippen MR) is 72.4 cm³/mol. The van der Waals surface area contributed by atoms with E-state index < -0.39 is 10.0 Å². The summed E-state index contributed by atoms with van der Waals surface area (Å²) < 4.78 is 35.3. The molecule has 0 atom stereocenters. The third-order valence-corrected chi connectivity index (χ3v) is 3.96. The molecule has 0 bridgehead atoms. The van der Waals surface area contributed by atoms with Crippen LogP contribution in [-0.4, -0.2) is 35.7 Å². The molecule has 110 valence electrons. The Balaban J connectivity index is 2.24. The van der Waals surface area contributed by atoms with Gasteiger partial charge < -0.3 is 14.5 Å². The molecule has 0 aromatic carbocycles. The smallest absolute Gasteiger partial charge is 0.273 e. The second kappa shape index (κ2) is 8.31. The maximum Gasteiger partial charge on any atom is 0.273 e. The Bertz CT molecular complexity index is 456. The van der Waals surface area contributed by atoms with Crippen molar-refractivity contribution in [3.05, 3.63) is 17.9 Å². The van der Waals surface area contributed by atoms with Gasteiger partial charge in [0.25, 0.3) is 10.0 Å². The molecule has 0 unspecified atom stereocenters. The SMILES string of the molecule is CNS(=O)(=O)c1ccc(CNCCCCCOC)o1. The molecular weight excluding hydrogens is 268 g/mol. The van der Waals surface area contributed by atoms with Crippen LogP contribution in [0.5, 0.6) is 0 Å². The van der Waals surface area contributed by atoms with Gasteiger partial charge in [0.05, 0.1) is 6.54 Å². The summed E-state index contributed by atoms with van der Waals surface area (Å²) in [7, 11) is -0.424. The van der Waals surface area contributed by atoms with Crippen molar-refractivity contribution in [1.82, 2.24) is 10.0 Å². The number of nitrogens with one attached hydrogen (secondary N) is 2. The number of methoxy groups -OCH3 is 1. The van der Waals surface area contributed by atoms with Crippen molar-refractivity contribution in [1.29, 1.82) is 0 Å². The Labute approximate surface area is 114 Å². The Morgan fingerprint density at radius 2 is 2.05 bits per heavy atom. The van der Waals surface area contributed by atoms with E-state index in [1.54, 1.807) is 13.2 Å². The Hall–Kier alpha value is -0.890. The summed E-state index contributed by atoms with van der Waals surface area (Å²) in [6.45, 7) is 2.20.